The Morgan fingerprint density at radius 1 is 0.904 bits per heavy atom. The van der Waals surface area contributed by atoms with Gasteiger partial charge in [-0.3, -0.25) is 8.98 Å². The zero-order valence-electron chi connectivity index (χ0n) is 27.5. The summed E-state index contributed by atoms with van der Waals surface area (Å²) in [6.45, 7) is 3.54. The second-order valence-electron chi connectivity index (χ2n) is 10.7. The van der Waals surface area contributed by atoms with Crippen LogP contribution in [-0.4, -0.2) is 56.5 Å². The molecule has 0 saturated heterocycles. The molecule has 4 aromatic carbocycles. The zero-order chi connectivity index (χ0) is 37.5. The number of azo groups is 1. The van der Waals surface area contributed by atoms with E-state index in [1.807, 2.05) is 6.92 Å². The smallest absolute Gasteiger partial charge is 0.333 e. The highest BCUT2D eigenvalue weighted by molar-refractivity contribution is 7.86. The number of hydrogen-bond donors (Lipinski definition) is 6. The average Bonchev–Trinajstić information content (AvgIpc) is 3.09. The van der Waals surface area contributed by atoms with E-state index in [9.17, 15) is 26.7 Å². The minimum absolute atomic E-state index is 0.0173. The Balaban J connectivity index is 1.62. The second-order valence-corrected chi connectivity index (χ2v) is 13.5. The maximum atomic E-state index is 12.8. The van der Waals surface area contributed by atoms with Gasteiger partial charge in [0.15, 0.2) is 5.75 Å². The van der Waals surface area contributed by atoms with E-state index in [-0.39, 0.29) is 51.9 Å². The third-order valence-corrected chi connectivity index (χ3v) is 8.61. The van der Waals surface area contributed by atoms with Gasteiger partial charge in [0.25, 0.3) is 0 Å². The Hall–Kier alpha value is -5.84. The molecular weight excluding hydrogens is 721 g/mol. The van der Waals surface area contributed by atoms with E-state index < -0.39 is 37.7 Å². The fourth-order valence-corrected chi connectivity index (χ4v) is 5.81. The predicted molar refractivity (Wildman–Crippen MR) is 190 cm³/mol. The summed E-state index contributed by atoms with van der Waals surface area (Å²) >= 11 is 0. The number of fused-ring (bicyclic) bond motifs is 1. The quantitative estimate of drug-likeness (QED) is 0.0467. The van der Waals surface area contributed by atoms with Crippen LogP contribution in [0.4, 0.5) is 40.3 Å². The molecule has 0 unspecified atom stereocenters. The maximum absolute atomic E-state index is 12.8. The summed E-state index contributed by atoms with van der Waals surface area (Å²) in [6, 6.07) is 17.1. The van der Waals surface area contributed by atoms with Crippen molar-refractivity contribution in [3.63, 3.8) is 0 Å². The molecule has 0 aliphatic rings. The first kappa shape index (κ1) is 37.4. The average molecular weight is 753 g/mol. The van der Waals surface area contributed by atoms with Crippen molar-refractivity contribution in [1.29, 1.82) is 0 Å². The van der Waals surface area contributed by atoms with Gasteiger partial charge in [0.1, 0.15) is 17.3 Å². The lowest BCUT2D eigenvalue weighted by atomic mass is 10.00. The van der Waals surface area contributed by atoms with Crippen LogP contribution in [0.15, 0.2) is 81.9 Å². The number of rotatable bonds is 16. The number of hydrogen-bond acceptors (Lipinski definition) is 17. The molecule has 0 saturated carbocycles. The van der Waals surface area contributed by atoms with E-state index >= 15 is 0 Å². The van der Waals surface area contributed by atoms with Gasteiger partial charge in [-0.2, -0.15) is 47.1 Å². The molecule has 1 amide bonds. The van der Waals surface area contributed by atoms with Crippen LogP contribution >= 0.6 is 0 Å². The molecule has 272 valence electrons. The molecule has 19 nitrogen and oxygen atoms in total. The van der Waals surface area contributed by atoms with Crippen molar-refractivity contribution < 1.29 is 39.9 Å². The molecule has 5 aromatic rings. The number of nitrogens with zero attached hydrogens (tertiary/aromatic N) is 5. The first-order chi connectivity index (χ1) is 24.8. The number of amides is 1. The highest BCUT2D eigenvalue weighted by atomic mass is 32.2. The van der Waals surface area contributed by atoms with Gasteiger partial charge in [-0.15, -0.1) is 5.11 Å². The summed E-state index contributed by atoms with van der Waals surface area (Å²) < 4.78 is 63.0. The molecule has 21 heteroatoms. The zero-order valence-corrected chi connectivity index (χ0v) is 29.1. The predicted octanol–water partition coefficient (Wildman–Crippen LogP) is 4.25. The van der Waals surface area contributed by atoms with Crippen LogP contribution in [0.25, 0.3) is 10.8 Å². The maximum Gasteiger partial charge on any atom is 0.333 e. The number of aromatic hydroxyl groups is 1. The molecule has 0 bridgehead atoms. The molecule has 0 spiro atoms. The second kappa shape index (κ2) is 16.0. The number of aryl methyl sites for hydroxylation is 1. The number of ether oxygens (including phenoxy) is 1. The summed E-state index contributed by atoms with van der Waals surface area (Å²) in [6.07, 6.45) is 0.343. The highest BCUT2D eigenvalue weighted by Crippen LogP contribution is 2.44. The highest BCUT2D eigenvalue weighted by Gasteiger charge is 2.23. The number of phenols is 1. The molecule has 5 rings (SSSR count). The van der Waals surface area contributed by atoms with E-state index in [4.69, 9.17) is 20.0 Å². The number of carbonyl (C=O) groups is 1. The lowest BCUT2D eigenvalue weighted by Gasteiger charge is -2.16. The molecule has 52 heavy (non-hydrogen) atoms. The Morgan fingerprint density at radius 2 is 1.58 bits per heavy atom. The van der Waals surface area contributed by atoms with Crippen LogP contribution in [0.5, 0.6) is 11.5 Å². The molecule has 1 heterocycles. The number of nitrogens with one attached hydrogen (secondary N) is 3. The molecule has 0 radical (unpaired) electrons. The fraction of sp³-hybridized carbons (Fsp3) is 0.161. The number of anilines is 5. The van der Waals surface area contributed by atoms with Gasteiger partial charge in [-0.1, -0.05) is 0 Å². The van der Waals surface area contributed by atoms with Crippen LogP contribution in [0.1, 0.15) is 18.3 Å². The molecule has 0 atom stereocenters. The van der Waals surface area contributed by atoms with Crippen molar-refractivity contribution in [2.45, 2.75) is 25.2 Å². The SMILES string of the molecule is CCOc1ccc(Nc2nc(C)nc(Nc3cc(S(=O)(=O)ON)cc4cc(CCOS(N)(=O)=O)c(N=Nc5ccc(NC=O)cc5)c(O)c34)n2)cc1. The van der Waals surface area contributed by atoms with E-state index in [1.165, 1.54) is 12.1 Å². The van der Waals surface area contributed by atoms with E-state index in [2.05, 4.69) is 45.4 Å². The standard InChI is InChI=1S/C31H32N10O9S2/c1-3-48-24-10-8-22(9-11-24)37-30-35-18(2)36-31(39-30)38-26-16-25(51(44,45)50-32)15-20-14-19(12-13-49-52(33,46)47)28(29(43)27(20)26)41-40-23-6-4-21(5-7-23)34-17-42/h4-11,14-17,43H,3,12-13,32H2,1-2H3,(H,34,42)(H2,33,46,47)(H2,35,36,37,38,39). The Kier molecular flexibility index (Phi) is 11.5. The summed E-state index contributed by atoms with van der Waals surface area (Å²) in [7, 11) is -8.83. The van der Waals surface area contributed by atoms with Crippen LogP contribution < -0.4 is 31.7 Å². The van der Waals surface area contributed by atoms with Crippen molar-refractivity contribution in [3.8, 4) is 11.5 Å². The third-order valence-electron chi connectivity index (χ3n) is 7.05. The van der Waals surface area contributed by atoms with Gasteiger partial charge in [-0.25, -0.2) is 5.14 Å². The number of nitrogens with two attached hydrogens (primary N) is 2. The fourth-order valence-electron chi connectivity index (χ4n) is 4.85. The van der Waals surface area contributed by atoms with Gasteiger partial charge in [0.05, 0.1) is 29.5 Å². The van der Waals surface area contributed by atoms with Crippen LogP contribution in [0.3, 0.4) is 0 Å². The lowest BCUT2D eigenvalue weighted by Crippen LogP contribution is -2.17. The van der Waals surface area contributed by atoms with Crippen molar-refractivity contribution >= 4 is 77.9 Å². The van der Waals surface area contributed by atoms with Crippen molar-refractivity contribution in [3.05, 3.63) is 78.1 Å². The van der Waals surface area contributed by atoms with Crippen LogP contribution in [0.2, 0.25) is 0 Å². The largest absolute Gasteiger partial charge is 0.505 e. The summed E-state index contributed by atoms with van der Waals surface area (Å²) in [4.78, 5) is 23.4. The summed E-state index contributed by atoms with van der Waals surface area (Å²) in [5.74, 6) is 5.68. The van der Waals surface area contributed by atoms with E-state index in [0.29, 0.717) is 35.8 Å². The molecule has 1 aromatic heterocycles. The monoisotopic (exact) mass is 752 g/mol. The lowest BCUT2D eigenvalue weighted by molar-refractivity contribution is -0.105. The summed E-state index contributed by atoms with van der Waals surface area (Å²) in [5.41, 5.74) is 1.53. The van der Waals surface area contributed by atoms with Gasteiger partial charge >= 0.3 is 20.4 Å². The van der Waals surface area contributed by atoms with Crippen LogP contribution in [0, 0.1) is 6.92 Å². The number of carbonyl (C=O) groups excluding carboxylic acids is 1. The van der Waals surface area contributed by atoms with Gasteiger partial charge in [0, 0.05) is 16.8 Å². The summed E-state index contributed by atoms with van der Waals surface area (Å²) in [5, 5.41) is 33.9. The molecule has 8 N–H and O–H groups in total. The van der Waals surface area contributed by atoms with Gasteiger partial charge in [-0.05, 0) is 97.9 Å². The Morgan fingerprint density at radius 3 is 2.21 bits per heavy atom. The molecule has 0 fully saturated rings. The number of aromatic nitrogens is 3. The van der Waals surface area contributed by atoms with Crippen molar-refractivity contribution in [2.75, 3.05) is 29.2 Å². The molecule has 0 aliphatic heterocycles. The Bertz CT molecular complexity index is 2340. The molecule has 0 aliphatic carbocycles. The van der Waals surface area contributed by atoms with Crippen LogP contribution in [-0.2, 0) is 40.1 Å². The Labute approximate surface area is 297 Å². The van der Waals surface area contributed by atoms with E-state index in [0.717, 1.165) is 6.07 Å². The number of benzene rings is 4. The van der Waals surface area contributed by atoms with E-state index in [1.54, 1.807) is 55.5 Å². The minimum Gasteiger partial charge on any atom is -0.505 e. The topological polar surface area (TPSA) is 285 Å². The van der Waals surface area contributed by atoms with Gasteiger partial charge < -0.3 is 25.8 Å². The normalized spacial score (nSPS) is 11.8. The first-order valence-corrected chi connectivity index (χ1v) is 18.0. The molecular formula is C31H32N10O9S2. The minimum atomic E-state index is -4.50. The third kappa shape index (κ3) is 9.48. The van der Waals surface area contributed by atoms with Crippen molar-refractivity contribution in [1.82, 2.24) is 15.0 Å². The van der Waals surface area contributed by atoms with Crippen molar-refractivity contribution in [2.24, 2.45) is 21.3 Å². The first-order valence-electron chi connectivity index (χ1n) is 15.1. The van der Waals surface area contributed by atoms with Gasteiger partial charge in [0.2, 0.25) is 18.3 Å². The number of phenolic OH excluding ortho intramolecular Hbond substituents is 1.